The number of fused-ring (bicyclic) bond motifs is 1. The van der Waals surface area contributed by atoms with Crippen LogP contribution < -0.4 is 0 Å². The Morgan fingerprint density at radius 3 is 2.41 bits per heavy atom. The van der Waals surface area contributed by atoms with E-state index in [2.05, 4.69) is 0 Å². The van der Waals surface area contributed by atoms with Crippen molar-refractivity contribution < 1.29 is 9.59 Å². The highest BCUT2D eigenvalue weighted by atomic mass is 32.2. The zero-order chi connectivity index (χ0) is 18.6. The smallest absolute Gasteiger partial charge is 0.254 e. The minimum atomic E-state index is 0.0480. The summed E-state index contributed by atoms with van der Waals surface area (Å²) < 4.78 is 1.16. The summed E-state index contributed by atoms with van der Waals surface area (Å²) in [5.41, 5.74) is 0.737. The molecule has 0 bridgehead atoms. The van der Waals surface area contributed by atoms with E-state index < -0.39 is 0 Å². The van der Waals surface area contributed by atoms with E-state index >= 15 is 0 Å². The summed E-state index contributed by atoms with van der Waals surface area (Å²) in [6.45, 7) is 2.36. The van der Waals surface area contributed by atoms with Crippen molar-refractivity contribution in [1.82, 2.24) is 9.80 Å². The van der Waals surface area contributed by atoms with Crippen LogP contribution >= 0.6 is 23.1 Å². The fourth-order valence-electron chi connectivity index (χ4n) is 3.31. The molecule has 0 radical (unpaired) electrons. The lowest BCUT2D eigenvalue weighted by molar-refractivity contribution is -0.129. The summed E-state index contributed by atoms with van der Waals surface area (Å²) in [5, 5.41) is 4.07. The molecular weight excluding hydrogens is 376 g/mol. The number of thiophene rings is 1. The molecule has 1 aliphatic heterocycles. The molecule has 6 heteroatoms. The molecule has 0 saturated carbocycles. The van der Waals surface area contributed by atoms with Crippen LogP contribution in [-0.4, -0.2) is 53.5 Å². The summed E-state index contributed by atoms with van der Waals surface area (Å²) in [7, 11) is 0. The zero-order valence-electron chi connectivity index (χ0n) is 14.8. The average Bonchev–Trinajstić information content (AvgIpc) is 3.25. The topological polar surface area (TPSA) is 40.6 Å². The standard InChI is InChI=1S/C21H20N2O2S2/c24-19(15-27-20-9-4-14-26-20)22-10-12-23(13-11-22)21(25)18-8-3-6-16-5-1-2-7-17(16)18/h1-9,14H,10-13,15H2. The van der Waals surface area contributed by atoms with E-state index in [9.17, 15) is 9.59 Å². The first kappa shape index (κ1) is 18.1. The maximum atomic E-state index is 13.0. The van der Waals surface area contributed by atoms with Crippen molar-refractivity contribution in [3.8, 4) is 0 Å². The minimum Gasteiger partial charge on any atom is -0.338 e. The van der Waals surface area contributed by atoms with E-state index in [4.69, 9.17) is 0 Å². The summed E-state index contributed by atoms with van der Waals surface area (Å²) in [4.78, 5) is 29.1. The van der Waals surface area contributed by atoms with Gasteiger partial charge in [-0.25, -0.2) is 0 Å². The summed E-state index contributed by atoms with van der Waals surface area (Å²) in [5.74, 6) is 0.648. The van der Waals surface area contributed by atoms with Crippen LogP contribution in [0.25, 0.3) is 10.8 Å². The van der Waals surface area contributed by atoms with E-state index in [1.54, 1.807) is 23.1 Å². The molecule has 2 aromatic carbocycles. The van der Waals surface area contributed by atoms with Gasteiger partial charge < -0.3 is 9.80 Å². The number of carbonyl (C=O) groups excluding carboxylic acids is 2. The molecule has 4 nitrogen and oxygen atoms in total. The fourth-order valence-corrected chi connectivity index (χ4v) is 5.00. The predicted molar refractivity (Wildman–Crippen MR) is 111 cm³/mol. The molecule has 1 aromatic heterocycles. The Morgan fingerprint density at radius 2 is 1.63 bits per heavy atom. The molecule has 0 N–H and O–H groups in total. The highest BCUT2D eigenvalue weighted by Crippen LogP contribution is 2.24. The Morgan fingerprint density at radius 1 is 0.889 bits per heavy atom. The third-order valence-corrected chi connectivity index (χ3v) is 6.89. The second-order valence-corrected chi connectivity index (χ2v) is 8.64. The molecule has 27 heavy (non-hydrogen) atoms. The highest BCUT2D eigenvalue weighted by molar-refractivity contribution is 8.01. The molecule has 2 heterocycles. The van der Waals surface area contributed by atoms with E-state index in [0.29, 0.717) is 31.9 Å². The van der Waals surface area contributed by atoms with Gasteiger partial charge >= 0.3 is 0 Å². The van der Waals surface area contributed by atoms with Gasteiger partial charge in [-0.3, -0.25) is 9.59 Å². The Balaban J connectivity index is 1.37. The van der Waals surface area contributed by atoms with Crippen molar-refractivity contribution >= 4 is 45.7 Å². The first-order chi connectivity index (χ1) is 13.2. The maximum absolute atomic E-state index is 13.0. The minimum absolute atomic E-state index is 0.0480. The molecule has 1 aliphatic rings. The van der Waals surface area contributed by atoms with Crippen LogP contribution in [0.2, 0.25) is 0 Å². The van der Waals surface area contributed by atoms with Gasteiger partial charge in [0.05, 0.1) is 9.96 Å². The van der Waals surface area contributed by atoms with Gasteiger partial charge in [-0.2, -0.15) is 0 Å². The van der Waals surface area contributed by atoms with Crippen molar-refractivity contribution in [2.45, 2.75) is 4.21 Å². The number of rotatable bonds is 4. The SMILES string of the molecule is O=C(CSc1cccs1)N1CCN(C(=O)c2cccc3ccccc23)CC1. The van der Waals surface area contributed by atoms with Gasteiger partial charge in [-0.15, -0.1) is 23.1 Å². The van der Waals surface area contributed by atoms with E-state index in [1.807, 2.05) is 69.8 Å². The molecule has 2 amide bonds. The van der Waals surface area contributed by atoms with Crippen LogP contribution in [-0.2, 0) is 4.79 Å². The Kier molecular flexibility index (Phi) is 5.45. The van der Waals surface area contributed by atoms with Gasteiger partial charge in [-0.1, -0.05) is 42.5 Å². The normalized spacial score (nSPS) is 14.5. The van der Waals surface area contributed by atoms with Crippen LogP contribution in [0.3, 0.4) is 0 Å². The molecule has 0 spiro atoms. The van der Waals surface area contributed by atoms with Crippen molar-refractivity contribution in [1.29, 1.82) is 0 Å². The number of thioether (sulfide) groups is 1. The largest absolute Gasteiger partial charge is 0.338 e. The zero-order valence-corrected chi connectivity index (χ0v) is 16.5. The number of nitrogens with zero attached hydrogens (tertiary/aromatic N) is 2. The lowest BCUT2D eigenvalue weighted by Gasteiger charge is -2.35. The fraction of sp³-hybridized carbons (Fsp3) is 0.238. The van der Waals surface area contributed by atoms with Crippen molar-refractivity contribution in [3.63, 3.8) is 0 Å². The maximum Gasteiger partial charge on any atom is 0.254 e. The highest BCUT2D eigenvalue weighted by Gasteiger charge is 2.25. The Labute approximate surface area is 166 Å². The second kappa shape index (κ2) is 8.15. The molecular formula is C21H20N2O2S2. The van der Waals surface area contributed by atoms with E-state index in [-0.39, 0.29) is 11.8 Å². The molecule has 0 atom stereocenters. The predicted octanol–water partition coefficient (Wildman–Crippen LogP) is 3.98. The number of piperazine rings is 1. The molecule has 138 valence electrons. The Hall–Kier alpha value is -2.31. The number of benzene rings is 2. The number of carbonyl (C=O) groups is 2. The van der Waals surface area contributed by atoms with Gasteiger partial charge in [0.1, 0.15) is 0 Å². The van der Waals surface area contributed by atoms with Crippen LogP contribution in [0.4, 0.5) is 0 Å². The van der Waals surface area contributed by atoms with Crippen LogP contribution in [0.5, 0.6) is 0 Å². The molecule has 0 aliphatic carbocycles. The number of hydrogen-bond donors (Lipinski definition) is 0. The van der Waals surface area contributed by atoms with Gasteiger partial charge in [0.25, 0.3) is 5.91 Å². The molecule has 1 fully saturated rings. The summed E-state index contributed by atoms with van der Waals surface area (Å²) >= 11 is 3.23. The third kappa shape index (κ3) is 4.01. The van der Waals surface area contributed by atoms with Crippen LogP contribution in [0.1, 0.15) is 10.4 Å². The summed E-state index contributed by atoms with van der Waals surface area (Å²) in [6, 6.07) is 17.8. The monoisotopic (exact) mass is 396 g/mol. The molecule has 0 unspecified atom stereocenters. The lowest BCUT2D eigenvalue weighted by atomic mass is 10.0. The van der Waals surface area contributed by atoms with Crippen molar-refractivity contribution in [3.05, 3.63) is 65.5 Å². The van der Waals surface area contributed by atoms with Gasteiger partial charge in [-0.05, 0) is 28.3 Å². The first-order valence-electron chi connectivity index (χ1n) is 8.93. The average molecular weight is 397 g/mol. The Bertz CT molecular complexity index is 942. The van der Waals surface area contributed by atoms with Gasteiger partial charge in [0, 0.05) is 31.7 Å². The van der Waals surface area contributed by atoms with Gasteiger partial charge in [0.2, 0.25) is 5.91 Å². The second-order valence-electron chi connectivity index (χ2n) is 6.42. The third-order valence-electron chi connectivity index (χ3n) is 4.77. The van der Waals surface area contributed by atoms with Gasteiger partial charge in [0.15, 0.2) is 0 Å². The van der Waals surface area contributed by atoms with Crippen LogP contribution in [0.15, 0.2) is 64.2 Å². The summed E-state index contributed by atoms with van der Waals surface area (Å²) in [6.07, 6.45) is 0. The number of amides is 2. The quantitative estimate of drug-likeness (QED) is 0.627. The molecule has 4 rings (SSSR count). The molecule has 1 saturated heterocycles. The van der Waals surface area contributed by atoms with Crippen LogP contribution in [0, 0.1) is 0 Å². The first-order valence-corrected chi connectivity index (χ1v) is 10.8. The van der Waals surface area contributed by atoms with Crippen molar-refractivity contribution in [2.24, 2.45) is 0 Å². The number of hydrogen-bond acceptors (Lipinski definition) is 4. The lowest BCUT2D eigenvalue weighted by Crippen LogP contribution is -2.51. The van der Waals surface area contributed by atoms with E-state index in [1.165, 1.54) is 0 Å². The molecule has 3 aromatic rings. The van der Waals surface area contributed by atoms with E-state index in [0.717, 1.165) is 20.5 Å². The van der Waals surface area contributed by atoms with Crippen molar-refractivity contribution in [2.75, 3.05) is 31.9 Å².